The molecule has 1 fully saturated rings. The first-order valence-corrected chi connectivity index (χ1v) is 12.3. The van der Waals surface area contributed by atoms with Crippen molar-refractivity contribution in [3.05, 3.63) is 99.2 Å². The number of anilines is 1. The number of hydrogen-bond donors (Lipinski definition) is 1. The van der Waals surface area contributed by atoms with Gasteiger partial charge in [0, 0.05) is 5.69 Å². The highest BCUT2D eigenvalue weighted by Crippen LogP contribution is 2.32. The van der Waals surface area contributed by atoms with Gasteiger partial charge in [-0.2, -0.15) is 0 Å². The van der Waals surface area contributed by atoms with Crippen LogP contribution >= 0.6 is 23.4 Å². The monoisotopic (exact) mass is 554 g/mol. The number of ether oxygens (including phenoxy) is 2. The van der Waals surface area contributed by atoms with Crippen molar-refractivity contribution >= 4 is 58.1 Å². The Balaban J connectivity index is 1.40. The molecule has 1 aliphatic rings. The number of carbonyl (C=O) groups excluding carboxylic acids is 4. The van der Waals surface area contributed by atoms with Gasteiger partial charge >= 0.3 is 5.97 Å². The van der Waals surface area contributed by atoms with Crippen molar-refractivity contribution in [1.82, 2.24) is 4.90 Å². The van der Waals surface area contributed by atoms with Gasteiger partial charge < -0.3 is 14.8 Å². The summed E-state index contributed by atoms with van der Waals surface area (Å²) in [5, 5.41) is 2.10. The number of halogens is 2. The molecule has 0 bridgehead atoms. The second-order valence-corrected chi connectivity index (χ2v) is 9.39. The van der Waals surface area contributed by atoms with Gasteiger partial charge in [-0.1, -0.05) is 35.9 Å². The van der Waals surface area contributed by atoms with E-state index in [1.54, 1.807) is 36.4 Å². The Kier molecular flexibility index (Phi) is 8.45. The van der Waals surface area contributed by atoms with Crippen molar-refractivity contribution in [2.24, 2.45) is 0 Å². The van der Waals surface area contributed by atoms with Crippen molar-refractivity contribution in [3.8, 4) is 5.75 Å². The lowest BCUT2D eigenvalue weighted by atomic mass is 10.2. The van der Waals surface area contributed by atoms with Crippen LogP contribution in [0.25, 0.3) is 6.08 Å². The fourth-order valence-corrected chi connectivity index (χ4v) is 4.48. The third-order valence-electron chi connectivity index (χ3n) is 5.31. The van der Waals surface area contributed by atoms with Crippen LogP contribution in [0.5, 0.6) is 5.75 Å². The van der Waals surface area contributed by atoms with E-state index >= 15 is 0 Å². The van der Waals surface area contributed by atoms with Crippen molar-refractivity contribution in [1.29, 1.82) is 0 Å². The molecule has 3 amide bonds. The van der Waals surface area contributed by atoms with Gasteiger partial charge in [-0.05, 0) is 71.4 Å². The second kappa shape index (κ2) is 11.9. The number of methoxy groups -OCH3 is 1. The van der Waals surface area contributed by atoms with Gasteiger partial charge in [0.15, 0.2) is 0 Å². The van der Waals surface area contributed by atoms with E-state index in [-0.39, 0.29) is 33.6 Å². The number of thioether (sulfide) groups is 1. The number of benzene rings is 3. The zero-order valence-electron chi connectivity index (χ0n) is 19.9. The molecule has 8 nitrogen and oxygen atoms in total. The minimum absolute atomic E-state index is 0.0601. The SMILES string of the molecule is COC(=O)c1cc(NC(=O)CN2C(=O)S/C(=C/c3cccc(OCc4ccc(F)cc4)c3)C2=O)ccc1Cl. The lowest BCUT2D eigenvalue weighted by Crippen LogP contribution is -2.36. The highest BCUT2D eigenvalue weighted by atomic mass is 35.5. The summed E-state index contributed by atoms with van der Waals surface area (Å²) >= 11 is 6.70. The van der Waals surface area contributed by atoms with Crippen molar-refractivity contribution < 1.29 is 33.0 Å². The van der Waals surface area contributed by atoms with E-state index in [0.717, 1.165) is 22.2 Å². The van der Waals surface area contributed by atoms with Crippen LogP contribution in [0.2, 0.25) is 5.02 Å². The molecule has 0 spiro atoms. The maximum Gasteiger partial charge on any atom is 0.339 e. The van der Waals surface area contributed by atoms with E-state index in [0.29, 0.717) is 11.3 Å². The molecular formula is C27H20ClFN2O6S. The number of nitrogens with zero attached hydrogens (tertiary/aromatic N) is 1. The number of nitrogens with one attached hydrogen (secondary N) is 1. The summed E-state index contributed by atoms with van der Waals surface area (Å²) in [4.78, 5) is 50.7. The molecule has 38 heavy (non-hydrogen) atoms. The molecular weight excluding hydrogens is 535 g/mol. The van der Waals surface area contributed by atoms with Gasteiger partial charge in [0.1, 0.15) is 24.7 Å². The zero-order chi connectivity index (χ0) is 27.2. The van der Waals surface area contributed by atoms with Gasteiger partial charge in [0.2, 0.25) is 5.91 Å². The number of hydrogen-bond acceptors (Lipinski definition) is 7. The Bertz CT molecular complexity index is 1440. The fraction of sp³-hybridized carbons (Fsp3) is 0.111. The van der Waals surface area contributed by atoms with Crippen LogP contribution in [-0.4, -0.2) is 41.6 Å². The highest BCUT2D eigenvalue weighted by molar-refractivity contribution is 8.18. The van der Waals surface area contributed by atoms with E-state index in [1.807, 2.05) is 0 Å². The number of amides is 3. The summed E-state index contributed by atoms with van der Waals surface area (Å²) in [7, 11) is 1.20. The Labute approximate surface area is 226 Å². The first-order chi connectivity index (χ1) is 18.2. The van der Waals surface area contributed by atoms with Crippen LogP contribution in [-0.2, 0) is 20.9 Å². The largest absolute Gasteiger partial charge is 0.489 e. The molecule has 1 aliphatic heterocycles. The highest BCUT2D eigenvalue weighted by Gasteiger charge is 2.36. The van der Waals surface area contributed by atoms with Crippen LogP contribution in [0.1, 0.15) is 21.5 Å². The molecule has 3 aromatic rings. The van der Waals surface area contributed by atoms with Gasteiger partial charge in [-0.25, -0.2) is 9.18 Å². The van der Waals surface area contributed by atoms with Crippen molar-refractivity contribution in [3.63, 3.8) is 0 Å². The molecule has 1 saturated heterocycles. The summed E-state index contributed by atoms with van der Waals surface area (Å²) < 4.78 is 23.5. The Morgan fingerprint density at radius 3 is 2.58 bits per heavy atom. The van der Waals surface area contributed by atoms with E-state index in [2.05, 4.69) is 10.1 Å². The second-order valence-electron chi connectivity index (χ2n) is 7.99. The summed E-state index contributed by atoms with van der Waals surface area (Å²) in [5.41, 5.74) is 1.72. The van der Waals surface area contributed by atoms with Crippen LogP contribution in [0.3, 0.4) is 0 Å². The Hall–Kier alpha value is -4.15. The summed E-state index contributed by atoms with van der Waals surface area (Å²) in [6, 6.07) is 17.1. The molecule has 0 aliphatic carbocycles. The molecule has 3 aromatic carbocycles. The normalized spacial score (nSPS) is 14.1. The van der Waals surface area contributed by atoms with Gasteiger partial charge in [0.25, 0.3) is 11.1 Å². The van der Waals surface area contributed by atoms with Gasteiger partial charge in [-0.3, -0.25) is 19.3 Å². The number of carbonyl (C=O) groups is 4. The van der Waals surface area contributed by atoms with E-state index < -0.39 is 29.6 Å². The minimum atomic E-state index is -0.674. The average Bonchev–Trinajstić information content (AvgIpc) is 3.16. The maximum atomic E-state index is 13.1. The molecule has 0 unspecified atom stereocenters. The lowest BCUT2D eigenvalue weighted by Gasteiger charge is -2.13. The third kappa shape index (κ3) is 6.58. The summed E-state index contributed by atoms with van der Waals surface area (Å²) in [6.45, 7) is -0.289. The number of rotatable bonds is 8. The standard InChI is InChI=1S/C27H20ClFN2O6S/c1-36-26(34)21-13-19(9-10-22(21)28)30-24(32)14-31-25(33)23(38-27(31)35)12-17-3-2-4-20(11-17)37-15-16-5-7-18(29)8-6-16/h2-13H,14-15H2,1H3,(H,30,32)/b23-12+. The van der Waals surface area contributed by atoms with Crippen LogP contribution in [0.15, 0.2) is 71.6 Å². The van der Waals surface area contributed by atoms with Crippen LogP contribution in [0, 0.1) is 5.82 Å². The topological polar surface area (TPSA) is 102 Å². The first-order valence-electron chi connectivity index (χ1n) is 11.1. The smallest absolute Gasteiger partial charge is 0.339 e. The molecule has 11 heteroatoms. The first kappa shape index (κ1) is 26.9. The average molecular weight is 555 g/mol. The molecule has 0 saturated carbocycles. The van der Waals surface area contributed by atoms with Crippen LogP contribution in [0.4, 0.5) is 14.9 Å². The molecule has 0 atom stereocenters. The van der Waals surface area contributed by atoms with Crippen LogP contribution < -0.4 is 10.1 Å². The number of esters is 1. The molecule has 194 valence electrons. The molecule has 1 N–H and O–H groups in total. The van der Waals surface area contributed by atoms with Gasteiger partial charge in [0.05, 0.1) is 22.6 Å². The number of imide groups is 1. The molecule has 4 rings (SSSR count). The summed E-state index contributed by atoms with van der Waals surface area (Å²) in [5.74, 6) is -1.73. The molecule has 1 heterocycles. The third-order valence-corrected chi connectivity index (χ3v) is 6.54. The zero-order valence-corrected chi connectivity index (χ0v) is 21.5. The lowest BCUT2D eigenvalue weighted by molar-refractivity contribution is -0.127. The fourth-order valence-electron chi connectivity index (χ4n) is 3.44. The molecule has 0 aromatic heterocycles. The predicted molar refractivity (Wildman–Crippen MR) is 141 cm³/mol. The Morgan fingerprint density at radius 1 is 1.08 bits per heavy atom. The summed E-state index contributed by atoms with van der Waals surface area (Å²) in [6.07, 6.45) is 1.54. The maximum absolute atomic E-state index is 13.1. The minimum Gasteiger partial charge on any atom is -0.489 e. The van der Waals surface area contributed by atoms with E-state index in [4.69, 9.17) is 16.3 Å². The quantitative estimate of drug-likeness (QED) is 0.289. The van der Waals surface area contributed by atoms with Crippen molar-refractivity contribution in [2.75, 3.05) is 19.0 Å². The van der Waals surface area contributed by atoms with Crippen molar-refractivity contribution in [2.45, 2.75) is 6.61 Å². The predicted octanol–water partition coefficient (Wildman–Crippen LogP) is 5.52. The van der Waals surface area contributed by atoms with Gasteiger partial charge in [-0.15, -0.1) is 0 Å². The molecule has 0 radical (unpaired) electrons. The van der Waals surface area contributed by atoms with E-state index in [9.17, 15) is 23.6 Å². The Morgan fingerprint density at radius 2 is 1.84 bits per heavy atom. The van der Waals surface area contributed by atoms with E-state index in [1.165, 1.54) is 43.5 Å².